The molecule has 158 valence electrons. The number of rotatable bonds is 8. The maximum Gasteiger partial charge on any atom is 0.338 e. The fourth-order valence-corrected chi connectivity index (χ4v) is 2.85. The minimum Gasteiger partial charge on any atom is -0.496 e. The van der Waals surface area contributed by atoms with E-state index in [9.17, 15) is 14.4 Å². The van der Waals surface area contributed by atoms with Crippen molar-refractivity contribution >= 4 is 23.5 Å². The van der Waals surface area contributed by atoms with Crippen LogP contribution >= 0.6 is 0 Å². The molecule has 30 heavy (non-hydrogen) atoms. The molecule has 1 aliphatic carbocycles. The molecule has 8 heteroatoms. The van der Waals surface area contributed by atoms with E-state index in [1.54, 1.807) is 31.2 Å². The van der Waals surface area contributed by atoms with Gasteiger partial charge in [0.1, 0.15) is 11.5 Å². The number of carbonyl (C=O) groups excluding carboxylic acids is 3. The SMILES string of the molecule is COc1cc(C(=O)OCC(=O)Nc2cccc(C(=O)NC3CC3)c2)cc(OC)c1C. The molecule has 0 saturated heterocycles. The Bertz CT molecular complexity index is 943. The Morgan fingerprint density at radius 1 is 1.00 bits per heavy atom. The van der Waals surface area contributed by atoms with Gasteiger partial charge < -0.3 is 24.8 Å². The van der Waals surface area contributed by atoms with Crippen molar-refractivity contribution in [2.24, 2.45) is 0 Å². The second-order valence-electron chi connectivity index (χ2n) is 6.96. The lowest BCUT2D eigenvalue weighted by Gasteiger charge is -2.12. The molecular formula is C22H24N2O6. The van der Waals surface area contributed by atoms with Crippen molar-refractivity contribution in [3.8, 4) is 11.5 Å². The van der Waals surface area contributed by atoms with E-state index >= 15 is 0 Å². The molecule has 2 aromatic carbocycles. The lowest BCUT2D eigenvalue weighted by Crippen LogP contribution is -2.25. The minimum atomic E-state index is -0.681. The summed E-state index contributed by atoms with van der Waals surface area (Å²) in [5.74, 6) is -0.421. The summed E-state index contributed by atoms with van der Waals surface area (Å²) < 4.78 is 15.6. The van der Waals surface area contributed by atoms with Crippen LogP contribution < -0.4 is 20.1 Å². The van der Waals surface area contributed by atoms with Crippen LogP contribution in [0.2, 0.25) is 0 Å². The van der Waals surface area contributed by atoms with Gasteiger partial charge in [0.2, 0.25) is 0 Å². The monoisotopic (exact) mass is 412 g/mol. The van der Waals surface area contributed by atoms with Crippen LogP contribution in [0.4, 0.5) is 5.69 Å². The van der Waals surface area contributed by atoms with E-state index in [2.05, 4.69) is 10.6 Å². The van der Waals surface area contributed by atoms with Gasteiger partial charge in [-0.3, -0.25) is 9.59 Å². The van der Waals surface area contributed by atoms with Gasteiger partial charge in [0.05, 0.1) is 19.8 Å². The molecule has 0 unspecified atom stereocenters. The van der Waals surface area contributed by atoms with E-state index in [1.165, 1.54) is 26.4 Å². The zero-order valence-electron chi connectivity index (χ0n) is 17.1. The summed E-state index contributed by atoms with van der Waals surface area (Å²) in [6, 6.07) is 9.88. The molecule has 2 N–H and O–H groups in total. The number of esters is 1. The molecule has 2 amide bonds. The molecule has 1 aliphatic rings. The van der Waals surface area contributed by atoms with Gasteiger partial charge in [0, 0.05) is 22.9 Å². The van der Waals surface area contributed by atoms with E-state index in [1.807, 2.05) is 0 Å². The Morgan fingerprint density at radius 3 is 2.27 bits per heavy atom. The standard InChI is InChI=1S/C22H24N2O6/c1-13-18(28-2)10-15(11-19(13)29-3)22(27)30-12-20(25)23-17-6-4-5-14(9-17)21(26)24-16-7-8-16/h4-6,9-11,16H,7-8,12H2,1-3H3,(H,23,25)(H,24,26). The van der Waals surface area contributed by atoms with Crippen molar-refractivity contribution in [3.05, 3.63) is 53.1 Å². The van der Waals surface area contributed by atoms with Gasteiger partial charge in [-0.2, -0.15) is 0 Å². The second-order valence-corrected chi connectivity index (χ2v) is 6.96. The second kappa shape index (κ2) is 9.30. The quantitative estimate of drug-likeness (QED) is 0.647. The van der Waals surface area contributed by atoms with Gasteiger partial charge in [0.15, 0.2) is 6.61 Å². The molecular weight excluding hydrogens is 388 g/mol. The van der Waals surface area contributed by atoms with E-state index in [0.29, 0.717) is 22.7 Å². The first kappa shape index (κ1) is 21.2. The first-order valence-electron chi connectivity index (χ1n) is 9.51. The minimum absolute atomic E-state index is 0.178. The molecule has 1 saturated carbocycles. The van der Waals surface area contributed by atoms with Crippen LogP contribution in [-0.4, -0.2) is 44.7 Å². The Morgan fingerprint density at radius 2 is 1.67 bits per heavy atom. The van der Waals surface area contributed by atoms with Crippen molar-refractivity contribution < 1.29 is 28.6 Å². The number of ether oxygens (including phenoxy) is 3. The lowest BCUT2D eigenvalue weighted by atomic mass is 10.1. The predicted molar refractivity (Wildman–Crippen MR) is 110 cm³/mol. The van der Waals surface area contributed by atoms with E-state index < -0.39 is 18.5 Å². The highest BCUT2D eigenvalue weighted by Gasteiger charge is 2.24. The van der Waals surface area contributed by atoms with Crippen LogP contribution in [-0.2, 0) is 9.53 Å². The van der Waals surface area contributed by atoms with Crippen LogP contribution in [0.3, 0.4) is 0 Å². The molecule has 0 atom stereocenters. The summed E-state index contributed by atoms with van der Waals surface area (Å²) >= 11 is 0. The summed E-state index contributed by atoms with van der Waals surface area (Å²) in [6.45, 7) is 1.33. The third-order valence-corrected chi connectivity index (χ3v) is 4.64. The maximum atomic E-state index is 12.3. The van der Waals surface area contributed by atoms with Gasteiger partial charge in [0.25, 0.3) is 11.8 Å². The highest BCUT2D eigenvalue weighted by Crippen LogP contribution is 2.29. The Balaban J connectivity index is 1.58. The van der Waals surface area contributed by atoms with Crippen LogP contribution in [0, 0.1) is 6.92 Å². The van der Waals surface area contributed by atoms with Crippen molar-refractivity contribution in [2.75, 3.05) is 26.1 Å². The van der Waals surface area contributed by atoms with E-state index in [0.717, 1.165) is 18.4 Å². The molecule has 0 spiro atoms. The van der Waals surface area contributed by atoms with Crippen LogP contribution in [0.1, 0.15) is 39.1 Å². The summed E-state index contributed by atoms with van der Waals surface area (Å²) in [4.78, 5) is 36.6. The average Bonchev–Trinajstić information content (AvgIpc) is 3.56. The fourth-order valence-electron chi connectivity index (χ4n) is 2.85. The summed E-state index contributed by atoms with van der Waals surface area (Å²) in [5, 5.41) is 5.51. The third kappa shape index (κ3) is 5.28. The van der Waals surface area contributed by atoms with Gasteiger partial charge in [-0.1, -0.05) is 6.07 Å². The molecule has 2 aromatic rings. The van der Waals surface area contributed by atoms with Crippen LogP contribution in [0.25, 0.3) is 0 Å². The molecule has 0 aliphatic heterocycles. The molecule has 0 radical (unpaired) electrons. The number of amides is 2. The lowest BCUT2D eigenvalue weighted by molar-refractivity contribution is -0.119. The molecule has 0 bridgehead atoms. The van der Waals surface area contributed by atoms with Gasteiger partial charge in [-0.25, -0.2) is 4.79 Å². The van der Waals surface area contributed by atoms with Crippen LogP contribution in [0.5, 0.6) is 11.5 Å². The molecule has 3 rings (SSSR count). The number of anilines is 1. The average molecular weight is 412 g/mol. The normalized spacial score (nSPS) is 12.6. The summed E-state index contributed by atoms with van der Waals surface area (Å²) in [7, 11) is 2.98. The smallest absolute Gasteiger partial charge is 0.338 e. The van der Waals surface area contributed by atoms with E-state index in [-0.39, 0.29) is 17.5 Å². The number of hydrogen-bond donors (Lipinski definition) is 2. The molecule has 0 aromatic heterocycles. The number of nitrogens with one attached hydrogen (secondary N) is 2. The summed E-state index contributed by atoms with van der Waals surface area (Å²) in [5.41, 5.74) is 1.86. The Hall–Kier alpha value is -3.55. The maximum absolute atomic E-state index is 12.3. The Kier molecular flexibility index (Phi) is 6.56. The number of hydrogen-bond acceptors (Lipinski definition) is 6. The highest BCUT2D eigenvalue weighted by molar-refractivity contribution is 5.98. The number of carbonyl (C=O) groups is 3. The zero-order chi connectivity index (χ0) is 21.7. The fraction of sp³-hybridized carbons (Fsp3) is 0.318. The van der Waals surface area contributed by atoms with Gasteiger partial charge in [-0.15, -0.1) is 0 Å². The number of methoxy groups -OCH3 is 2. The van der Waals surface area contributed by atoms with Crippen molar-refractivity contribution in [3.63, 3.8) is 0 Å². The largest absolute Gasteiger partial charge is 0.496 e. The first-order chi connectivity index (χ1) is 14.4. The zero-order valence-corrected chi connectivity index (χ0v) is 17.1. The van der Waals surface area contributed by atoms with Gasteiger partial charge >= 0.3 is 5.97 Å². The third-order valence-electron chi connectivity index (χ3n) is 4.64. The highest BCUT2D eigenvalue weighted by atomic mass is 16.5. The van der Waals surface area contributed by atoms with Crippen molar-refractivity contribution in [2.45, 2.75) is 25.8 Å². The molecule has 8 nitrogen and oxygen atoms in total. The van der Waals surface area contributed by atoms with Crippen molar-refractivity contribution in [1.29, 1.82) is 0 Å². The number of benzene rings is 2. The van der Waals surface area contributed by atoms with Crippen molar-refractivity contribution in [1.82, 2.24) is 5.32 Å². The predicted octanol–water partition coefficient (Wildman–Crippen LogP) is 2.70. The topological polar surface area (TPSA) is 103 Å². The summed E-state index contributed by atoms with van der Waals surface area (Å²) in [6.07, 6.45) is 1.98. The van der Waals surface area contributed by atoms with Gasteiger partial charge in [-0.05, 0) is 50.1 Å². The first-order valence-corrected chi connectivity index (χ1v) is 9.51. The van der Waals surface area contributed by atoms with Crippen LogP contribution in [0.15, 0.2) is 36.4 Å². The van der Waals surface area contributed by atoms with E-state index in [4.69, 9.17) is 14.2 Å². The molecule has 0 heterocycles. The Labute approximate surface area is 174 Å². The molecule has 1 fully saturated rings.